The van der Waals surface area contributed by atoms with Crippen molar-refractivity contribution in [3.8, 4) is 5.75 Å². The van der Waals surface area contributed by atoms with E-state index >= 15 is 0 Å². The van der Waals surface area contributed by atoms with Crippen LogP contribution in [0, 0.1) is 15.9 Å². The van der Waals surface area contributed by atoms with Crippen molar-refractivity contribution in [2.45, 2.75) is 6.61 Å². The zero-order valence-corrected chi connectivity index (χ0v) is 11.7. The molecule has 0 heterocycles. The van der Waals surface area contributed by atoms with Crippen molar-refractivity contribution in [2.75, 3.05) is 7.11 Å². The highest BCUT2D eigenvalue weighted by Gasteiger charge is 2.10. The van der Waals surface area contributed by atoms with Gasteiger partial charge in [0.2, 0.25) is 0 Å². The average Bonchev–Trinajstić information content (AvgIpc) is 2.52. The lowest BCUT2D eigenvalue weighted by Crippen LogP contribution is -1.95. The van der Waals surface area contributed by atoms with E-state index in [-0.39, 0.29) is 18.0 Å². The number of methoxy groups -OCH3 is 1. The number of hydrogen-bond acceptors (Lipinski definition) is 5. The minimum absolute atomic E-state index is 0.0397. The van der Waals surface area contributed by atoms with Crippen LogP contribution in [0.5, 0.6) is 5.75 Å². The van der Waals surface area contributed by atoms with Gasteiger partial charge in [-0.05, 0) is 23.8 Å². The van der Waals surface area contributed by atoms with Crippen LogP contribution in [-0.2, 0) is 11.4 Å². The smallest absolute Gasteiger partial charge is 0.278 e. The van der Waals surface area contributed by atoms with Gasteiger partial charge < -0.3 is 9.57 Å². The first-order valence-corrected chi connectivity index (χ1v) is 6.33. The summed E-state index contributed by atoms with van der Waals surface area (Å²) in [4.78, 5) is 15.3. The summed E-state index contributed by atoms with van der Waals surface area (Å²) >= 11 is 0. The summed E-state index contributed by atoms with van der Waals surface area (Å²) in [6, 6.07) is 10.6. The predicted octanol–water partition coefficient (Wildman–Crippen LogP) is 3.29. The number of oxime groups is 1. The Labute approximate surface area is 125 Å². The normalized spacial score (nSPS) is 10.6. The van der Waals surface area contributed by atoms with E-state index in [0.29, 0.717) is 11.1 Å². The van der Waals surface area contributed by atoms with Crippen molar-refractivity contribution in [1.29, 1.82) is 0 Å². The molecule has 0 unspecified atom stereocenters. The molecular weight excluding hydrogens is 291 g/mol. The maximum atomic E-state index is 13.5. The number of benzene rings is 2. The van der Waals surface area contributed by atoms with Crippen LogP contribution >= 0.6 is 0 Å². The summed E-state index contributed by atoms with van der Waals surface area (Å²) in [7, 11) is 1.38. The van der Waals surface area contributed by atoms with E-state index in [9.17, 15) is 14.5 Å². The third kappa shape index (κ3) is 3.78. The fourth-order valence-electron chi connectivity index (χ4n) is 1.77. The van der Waals surface area contributed by atoms with Crippen molar-refractivity contribution in [2.24, 2.45) is 5.16 Å². The summed E-state index contributed by atoms with van der Waals surface area (Å²) in [5.74, 6) is -0.349. The molecule has 0 N–H and O–H groups in total. The largest absolute Gasteiger partial charge is 0.494 e. The third-order valence-corrected chi connectivity index (χ3v) is 2.85. The molecule has 0 bridgehead atoms. The quantitative estimate of drug-likeness (QED) is 0.466. The Morgan fingerprint density at radius 2 is 2.09 bits per heavy atom. The van der Waals surface area contributed by atoms with E-state index in [1.807, 2.05) is 0 Å². The lowest BCUT2D eigenvalue weighted by atomic mass is 10.2. The first kappa shape index (κ1) is 15.4. The zero-order valence-electron chi connectivity index (χ0n) is 11.7. The lowest BCUT2D eigenvalue weighted by molar-refractivity contribution is -0.385. The van der Waals surface area contributed by atoms with Gasteiger partial charge in [-0.1, -0.05) is 23.4 Å². The van der Waals surface area contributed by atoms with Crippen molar-refractivity contribution in [1.82, 2.24) is 0 Å². The standard InChI is InChI=1S/C15H13FN2O4/c1-21-15-7-6-11(8-13(15)16)10-22-17-9-12-4-2-3-5-14(12)18(19)20/h2-9H,10H2,1H3/b17-9+. The second-order valence-electron chi connectivity index (χ2n) is 4.29. The first-order valence-electron chi connectivity index (χ1n) is 6.33. The highest BCUT2D eigenvalue weighted by Crippen LogP contribution is 2.18. The van der Waals surface area contributed by atoms with Gasteiger partial charge in [0.25, 0.3) is 5.69 Å². The van der Waals surface area contributed by atoms with Gasteiger partial charge in [0.05, 0.1) is 23.8 Å². The van der Waals surface area contributed by atoms with Crippen molar-refractivity contribution in [3.05, 3.63) is 69.5 Å². The number of ether oxygens (including phenoxy) is 1. The van der Waals surface area contributed by atoms with Crippen LogP contribution in [0.3, 0.4) is 0 Å². The Bertz CT molecular complexity index is 704. The van der Waals surface area contributed by atoms with Gasteiger partial charge in [0.1, 0.15) is 6.61 Å². The number of nitrogens with zero attached hydrogens (tertiary/aromatic N) is 2. The second kappa shape index (κ2) is 7.16. The number of rotatable bonds is 6. The molecule has 0 aliphatic carbocycles. The molecule has 0 radical (unpaired) electrons. The molecule has 2 aromatic rings. The molecule has 0 fully saturated rings. The number of halogens is 1. The summed E-state index contributed by atoms with van der Waals surface area (Å²) in [5, 5.41) is 14.5. The van der Waals surface area contributed by atoms with E-state index in [1.165, 1.54) is 31.5 Å². The maximum absolute atomic E-state index is 13.5. The van der Waals surface area contributed by atoms with Gasteiger partial charge in [-0.25, -0.2) is 4.39 Å². The Balaban J connectivity index is 1.99. The first-order chi connectivity index (χ1) is 10.6. The number of nitro benzene ring substituents is 1. The highest BCUT2D eigenvalue weighted by atomic mass is 19.1. The molecule has 2 rings (SSSR count). The molecule has 0 aliphatic rings. The van der Waals surface area contributed by atoms with Crippen molar-refractivity contribution >= 4 is 11.9 Å². The molecular formula is C15H13FN2O4. The minimum atomic E-state index is -0.500. The van der Waals surface area contributed by atoms with Gasteiger partial charge in [-0.2, -0.15) is 0 Å². The molecule has 0 amide bonds. The molecule has 7 heteroatoms. The molecule has 6 nitrogen and oxygen atoms in total. The van der Waals surface area contributed by atoms with Crippen molar-refractivity contribution < 1.29 is 18.9 Å². The molecule has 2 aromatic carbocycles. The van der Waals surface area contributed by atoms with Gasteiger partial charge in [-0.3, -0.25) is 10.1 Å². The third-order valence-electron chi connectivity index (χ3n) is 2.85. The maximum Gasteiger partial charge on any atom is 0.278 e. The molecule has 0 saturated heterocycles. The topological polar surface area (TPSA) is 74.0 Å². The Morgan fingerprint density at radius 3 is 2.77 bits per heavy atom. The van der Waals surface area contributed by atoms with Crippen LogP contribution in [0.1, 0.15) is 11.1 Å². The summed E-state index contributed by atoms with van der Waals surface area (Å²) in [5.41, 5.74) is 0.830. The number of nitro groups is 1. The number of para-hydroxylation sites is 1. The van der Waals surface area contributed by atoms with Crippen LogP contribution < -0.4 is 4.74 Å². The zero-order chi connectivity index (χ0) is 15.9. The SMILES string of the molecule is COc1ccc(CO/N=C/c2ccccc2[N+](=O)[O-])cc1F. The van der Waals surface area contributed by atoms with Gasteiger partial charge in [-0.15, -0.1) is 0 Å². The Hall–Kier alpha value is -2.96. The fraction of sp³-hybridized carbons (Fsp3) is 0.133. The van der Waals surface area contributed by atoms with Crippen LogP contribution in [0.25, 0.3) is 0 Å². The Morgan fingerprint density at radius 1 is 1.32 bits per heavy atom. The second-order valence-corrected chi connectivity index (χ2v) is 4.29. The summed E-state index contributed by atoms with van der Waals surface area (Å²) < 4.78 is 18.3. The van der Waals surface area contributed by atoms with Crippen molar-refractivity contribution in [3.63, 3.8) is 0 Å². The average molecular weight is 304 g/mol. The van der Waals surface area contributed by atoms with E-state index in [4.69, 9.17) is 9.57 Å². The highest BCUT2D eigenvalue weighted by molar-refractivity contribution is 5.84. The van der Waals surface area contributed by atoms with Gasteiger partial charge in [0, 0.05) is 6.07 Å². The van der Waals surface area contributed by atoms with Crippen LogP contribution in [0.4, 0.5) is 10.1 Å². The van der Waals surface area contributed by atoms with E-state index in [2.05, 4.69) is 5.16 Å². The predicted molar refractivity (Wildman–Crippen MR) is 78.4 cm³/mol. The lowest BCUT2D eigenvalue weighted by Gasteiger charge is -2.04. The van der Waals surface area contributed by atoms with E-state index < -0.39 is 10.7 Å². The van der Waals surface area contributed by atoms with Crippen LogP contribution in [-0.4, -0.2) is 18.2 Å². The summed E-state index contributed by atoms with van der Waals surface area (Å²) in [6.45, 7) is 0.0397. The van der Waals surface area contributed by atoms with Gasteiger partial charge >= 0.3 is 0 Å². The number of hydrogen-bond donors (Lipinski definition) is 0. The van der Waals surface area contributed by atoms with Gasteiger partial charge in [0.15, 0.2) is 11.6 Å². The molecule has 0 atom stereocenters. The molecule has 0 spiro atoms. The van der Waals surface area contributed by atoms with E-state index in [1.54, 1.807) is 24.3 Å². The summed E-state index contributed by atoms with van der Waals surface area (Å²) in [6.07, 6.45) is 1.25. The monoisotopic (exact) mass is 304 g/mol. The van der Waals surface area contributed by atoms with Crippen LogP contribution in [0.15, 0.2) is 47.6 Å². The molecule has 0 saturated carbocycles. The fourth-order valence-corrected chi connectivity index (χ4v) is 1.77. The minimum Gasteiger partial charge on any atom is -0.494 e. The molecule has 0 aliphatic heterocycles. The van der Waals surface area contributed by atoms with E-state index in [0.717, 1.165) is 0 Å². The molecule has 22 heavy (non-hydrogen) atoms. The molecule has 114 valence electrons. The Kier molecular flexibility index (Phi) is 5.02. The van der Waals surface area contributed by atoms with Crippen LogP contribution in [0.2, 0.25) is 0 Å². The molecule has 0 aromatic heterocycles.